The van der Waals surface area contributed by atoms with Gasteiger partial charge in [0.2, 0.25) is 5.89 Å². The normalized spacial score (nSPS) is 10.7. The van der Waals surface area contributed by atoms with Gasteiger partial charge in [-0.1, -0.05) is 6.92 Å². The first kappa shape index (κ1) is 13.3. The van der Waals surface area contributed by atoms with Crippen molar-refractivity contribution in [3.63, 3.8) is 0 Å². The van der Waals surface area contributed by atoms with Gasteiger partial charge in [0.25, 0.3) is 0 Å². The van der Waals surface area contributed by atoms with Gasteiger partial charge in [-0.3, -0.25) is 0 Å². The molecule has 0 saturated carbocycles. The van der Waals surface area contributed by atoms with Crippen molar-refractivity contribution in [1.29, 1.82) is 0 Å². The van der Waals surface area contributed by atoms with Crippen LogP contribution >= 0.6 is 0 Å². The van der Waals surface area contributed by atoms with Crippen LogP contribution in [0.3, 0.4) is 0 Å². The Bertz CT molecular complexity index is 564. The maximum atomic E-state index is 5.89. The number of hydrogen-bond acceptors (Lipinski definition) is 6. The van der Waals surface area contributed by atoms with Gasteiger partial charge in [0.05, 0.1) is 12.7 Å². The molecule has 102 valence electrons. The van der Waals surface area contributed by atoms with E-state index in [0.29, 0.717) is 18.3 Å². The summed E-state index contributed by atoms with van der Waals surface area (Å²) >= 11 is 0. The molecule has 2 aromatic rings. The van der Waals surface area contributed by atoms with E-state index in [1.165, 1.54) is 0 Å². The molecular weight excluding hydrogens is 242 g/mol. The lowest BCUT2D eigenvalue weighted by Crippen LogP contribution is -2.09. The van der Waals surface area contributed by atoms with Crippen LogP contribution < -0.4 is 11.1 Å². The predicted octanol–water partition coefficient (Wildman–Crippen LogP) is 2.23. The number of hydrogen-bond donors (Lipinski definition) is 2. The molecule has 0 saturated heterocycles. The molecule has 0 aromatic carbocycles. The summed E-state index contributed by atoms with van der Waals surface area (Å²) in [5.41, 5.74) is 6.74. The molecule has 0 fully saturated rings. The van der Waals surface area contributed by atoms with E-state index in [1.807, 2.05) is 13.8 Å². The Kier molecular flexibility index (Phi) is 3.99. The highest BCUT2D eigenvalue weighted by Crippen LogP contribution is 2.18. The van der Waals surface area contributed by atoms with E-state index in [-0.39, 0.29) is 0 Å². The monoisotopic (exact) mass is 261 g/mol. The molecule has 6 nitrogen and oxygen atoms in total. The summed E-state index contributed by atoms with van der Waals surface area (Å²) in [6.07, 6.45) is 3.50. The minimum Gasteiger partial charge on any atom is -0.444 e. The van der Waals surface area contributed by atoms with Crippen LogP contribution in [-0.4, -0.2) is 15.0 Å². The maximum Gasteiger partial charge on any atom is 0.213 e. The molecule has 0 aliphatic heterocycles. The van der Waals surface area contributed by atoms with Gasteiger partial charge in [0.1, 0.15) is 23.2 Å². The summed E-state index contributed by atoms with van der Waals surface area (Å²) < 4.78 is 5.40. The maximum absolute atomic E-state index is 5.89. The average molecular weight is 261 g/mol. The lowest BCUT2D eigenvalue weighted by Gasteiger charge is -2.10. The highest BCUT2D eigenvalue weighted by molar-refractivity contribution is 5.54. The molecule has 0 radical (unpaired) electrons. The van der Waals surface area contributed by atoms with E-state index in [2.05, 4.69) is 27.2 Å². The van der Waals surface area contributed by atoms with E-state index < -0.39 is 0 Å². The molecular formula is C13H19N5O. The van der Waals surface area contributed by atoms with E-state index in [1.54, 1.807) is 6.20 Å². The van der Waals surface area contributed by atoms with Crippen molar-refractivity contribution in [3.8, 4) is 0 Å². The molecule has 0 atom stereocenters. The fraction of sp³-hybridized carbons (Fsp3) is 0.462. The number of nitrogens with one attached hydrogen (secondary N) is 1. The molecule has 0 spiro atoms. The number of oxazole rings is 1. The fourth-order valence-corrected chi connectivity index (χ4v) is 1.73. The second kappa shape index (κ2) is 5.69. The molecule has 2 rings (SSSR count). The molecule has 2 heterocycles. The van der Waals surface area contributed by atoms with Crippen molar-refractivity contribution in [1.82, 2.24) is 15.0 Å². The summed E-state index contributed by atoms with van der Waals surface area (Å²) in [5.74, 6) is 3.45. The number of rotatable bonds is 5. The van der Waals surface area contributed by atoms with Gasteiger partial charge in [0, 0.05) is 12.0 Å². The van der Waals surface area contributed by atoms with Gasteiger partial charge in [-0.2, -0.15) is 0 Å². The molecule has 19 heavy (non-hydrogen) atoms. The van der Waals surface area contributed by atoms with Crippen LogP contribution in [0.1, 0.15) is 36.4 Å². The number of nitrogens with two attached hydrogens (primary N) is 1. The number of aryl methyl sites for hydroxylation is 2. The van der Waals surface area contributed by atoms with E-state index in [0.717, 1.165) is 35.8 Å². The molecule has 2 aromatic heterocycles. The van der Waals surface area contributed by atoms with Crippen LogP contribution in [0.2, 0.25) is 0 Å². The Morgan fingerprint density at radius 2 is 2.11 bits per heavy atom. The van der Waals surface area contributed by atoms with Crippen molar-refractivity contribution in [2.75, 3.05) is 11.1 Å². The molecule has 0 aliphatic carbocycles. The number of anilines is 2. The van der Waals surface area contributed by atoms with Crippen molar-refractivity contribution in [3.05, 3.63) is 29.2 Å². The largest absolute Gasteiger partial charge is 0.444 e. The topological polar surface area (TPSA) is 89.9 Å². The molecule has 6 heteroatoms. The number of nitrogen functional groups attached to an aromatic ring is 1. The average Bonchev–Trinajstić information content (AvgIpc) is 2.78. The third kappa shape index (κ3) is 3.21. The first-order valence-corrected chi connectivity index (χ1v) is 6.38. The predicted molar refractivity (Wildman–Crippen MR) is 73.7 cm³/mol. The van der Waals surface area contributed by atoms with E-state index in [4.69, 9.17) is 10.2 Å². The lowest BCUT2D eigenvalue weighted by molar-refractivity contribution is 0.478. The minimum absolute atomic E-state index is 0.483. The smallest absolute Gasteiger partial charge is 0.213 e. The zero-order chi connectivity index (χ0) is 13.8. The van der Waals surface area contributed by atoms with Crippen molar-refractivity contribution >= 4 is 11.6 Å². The van der Waals surface area contributed by atoms with Crippen LogP contribution in [0.5, 0.6) is 0 Å². The van der Waals surface area contributed by atoms with E-state index >= 15 is 0 Å². The minimum atomic E-state index is 0.483. The third-order valence-corrected chi connectivity index (χ3v) is 2.78. The molecule has 3 N–H and O–H groups in total. The van der Waals surface area contributed by atoms with Crippen LogP contribution in [0, 0.1) is 13.8 Å². The zero-order valence-electron chi connectivity index (χ0n) is 11.5. The van der Waals surface area contributed by atoms with Crippen LogP contribution in [0.15, 0.2) is 10.6 Å². The van der Waals surface area contributed by atoms with Crippen LogP contribution in [0.25, 0.3) is 0 Å². The SMILES string of the molecule is CCCc1nc(N)c(C)c(NCc2ncc(C)o2)n1. The molecule has 0 bridgehead atoms. The first-order valence-electron chi connectivity index (χ1n) is 6.38. The molecule has 0 aliphatic rings. The number of nitrogens with zero attached hydrogens (tertiary/aromatic N) is 3. The van der Waals surface area contributed by atoms with Gasteiger partial charge in [-0.15, -0.1) is 0 Å². The summed E-state index contributed by atoms with van der Waals surface area (Å²) in [5, 5.41) is 3.19. The molecule has 0 unspecified atom stereocenters. The summed E-state index contributed by atoms with van der Waals surface area (Å²) in [6.45, 7) is 6.33. The van der Waals surface area contributed by atoms with Gasteiger partial charge < -0.3 is 15.5 Å². The molecule has 0 amide bonds. The van der Waals surface area contributed by atoms with E-state index in [9.17, 15) is 0 Å². The summed E-state index contributed by atoms with van der Waals surface area (Å²) in [7, 11) is 0. The van der Waals surface area contributed by atoms with Crippen LogP contribution in [0.4, 0.5) is 11.6 Å². The van der Waals surface area contributed by atoms with Crippen molar-refractivity contribution in [2.45, 2.75) is 40.2 Å². The van der Waals surface area contributed by atoms with Gasteiger partial charge >= 0.3 is 0 Å². The number of aromatic nitrogens is 3. The third-order valence-electron chi connectivity index (χ3n) is 2.78. The van der Waals surface area contributed by atoms with Crippen molar-refractivity contribution in [2.24, 2.45) is 0 Å². The summed E-state index contributed by atoms with van der Waals surface area (Å²) in [4.78, 5) is 12.9. The fourth-order valence-electron chi connectivity index (χ4n) is 1.73. The van der Waals surface area contributed by atoms with Crippen molar-refractivity contribution < 1.29 is 4.42 Å². The van der Waals surface area contributed by atoms with Gasteiger partial charge in [-0.25, -0.2) is 15.0 Å². The standard InChI is InChI=1S/C13H19N5O/c1-4-5-10-17-12(14)9(3)13(18-10)16-7-11-15-6-8(2)19-11/h6H,4-5,7H2,1-3H3,(H3,14,16,17,18). The second-order valence-electron chi connectivity index (χ2n) is 4.47. The Balaban J connectivity index is 2.14. The Hall–Kier alpha value is -2.11. The Labute approximate surface area is 112 Å². The first-order chi connectivity index (χ1) is 9.10. The highest BCUT2D eigenvalue weighted by Gasteiger charge is 2.09. The zero-order valence-corrected chi connectivity index (χ0v) is 11.5. The van der Waals surface area contributed by atoms with Gasteiger partial charge in [0.15, 0.2) is 0 Å². The van der Waals surface area contributed by atoms with Gasteiger partial charge in [-0.05, 0) is 20.3 Å². The highest BCUT2D eigenvalue weighted by atomic mass is 16.4. The summed E-state index contributed by atoms with van der Waals surface area (Å²) in [6, 6.07) is 0. The second-order valence-corrected chi connectivity index (χ2v) is 4.47. The van der Waals surface area contributed by atoms with Crippen LogP contribution in [-0.2, 0) is 13.0 Å². The Morgan fingerprint density at radius 1 is 1.32 bits per heavy atom. The lowest BCUT2D eigenvalue weighted by atomic mass is 10.2. The Morgan fingerprint density at radius 3 is 2.74 bits per heavy atom. The quantitative estimate of drug-likeness (QED) is 0.857.